The van der Waals surface area contributed by atoms with Crippen LogP contribution in [0, 0.1) is 6.92 Å². The van der Waals surface area contributed by atoms with Crippen LogP contribution in [0.2, 0.25) is 0 Å². The molecule has 1 atom stereocenters. The smallest absolute Gasteiger partial charge is 0.266 e. The molecule has 0 saturated heterocycles. The first-order chi connectivity index (χ1) is 8.65. The predicted molar refractivity (Wildman–Crippen MR) is 69.8 cm³/mol. The van der Waals surface area contributed by atoms with Crippen LogP contribution < -0.4 is 10.1 Å². The van der Waals surface area contributed by atoms with E-state index >= 15 is 0 Å². The Morgan fingerprint density at radius 3 is 2.67 bits per heavy atom. The summed E-state index contributed by atoms with van der Waals surface area (Å²) in [5.41, 5.74) is 0. The first-order valence-corrected chi connectivity index (χ1v) is 6.29. The molecule has 0 aliphatic rings. The largest absolute Gasteiger partial charge is 0.481 e. The summed E-state index contributed by atoms with van der Waals surface area (Å²) in [4.78, 5) is 11.8. The normalized spacial score (nSPS) is 11.9. The molecule has 0 radical (unpaired) electrons. The minimum Gasteiger partial charge on any atom is -0.481 e. The standard InChI is InChI=1S/C12H13N3O2S/c1-8(17-10-6-4-3-5-7-10)11(16)13-12-15-14-9(2)18-12/h3-8H,1-2H3,(H,13,15,16). The molecule has 1 aromatic carbocycles. The van der Waals surface area contributed by atoms with E-state index in [0.717, 1.165) is 5.01 Å². The van der Waals surface area contributed by atoms with Gasteiger partial charge in [0.25, 0.3) is 5.91 Å². The van der Waals surface area contributed by atoms with Crippen LogP contribution in [0.25, 0.3) is 0 Å². The van der Waals surface area contributed by atoms with Gasteiger partial charge in [-0.1, -0.05) is 29.5 Å². The van der Waals surface area contributed by atoms with E-state index in [2.05, 4.69) is 15.5 Å². The monoisotopic (exact) mass is 263 g/mol. The fourth-order valence-corrected chi connectivity index (χ4v) is 1.91. The molecule has 6 heteroatoms. The summed E-state index contributed by atoms with van der Waals surface area (Å²) in [6.45, 7) is 3.52. The average Bonchev–Trinajstić information content (AvgIpc) is 2.76. The average molecular weight is 263 g/mol. The number of para-hydroxylation sites is 1. The van der Waals surface area contributed by atoms with Crippen LogP contribution in [-0.4, -0.2) is 22.2 Å². The van der Waals surface area contributed by atoms with Gasteiger partial charge in [0, 0.05) is 0 Å². The summed E-state index contributed by atoms with van der Waals surface area (Å²) in [6.07, 6.45) is -0.586. The molecule has 1 N–H and O–H groups in total. The molecule has 5 nitrogen and oxygen atoms in total. The maximum Gasteiger partial charge on any atom is 0.266 e. The van der Waals surface area contributed by atoms with Crippen LogP contribution in [0.4, 0.5) is 5.13 Å². The number of ether oxygens (including phenoxy) is 1. The van der Waals surface area contributed by atoms with Gasteiger partial charge in [0.15, 0.2) is 6.10 Å². The van der Waals surface area contributed by atoms with Gasteiger partial charge in [-0.2, -0.15) is 0 Å². The van der Waals surface area contributed by atoms with E-state index in [1.54, 1.807) is 19.1 Å². The summed E-state index contributed by atoms with van der Waals surface area (Å²) in [5, 5.41) is 11.6. The van der Waals surface area contributed by atoms with Crippen molar-refractivity contribution in [3.05, 3.63) is 35.3 Å². The SMILES string of the molecule is Cc1nnc(NC(=O)C(C)Oc2ccccc2)s1. The highest BCUT2D eigenvalue weighted by atomic mass is 32.1. The first-order valence-electron chi connectivity index (χ1n) is 5.48. The Kier molecular flexibility index (Phi) is 3.88. The van der Waals surface area contributed by atoms with Crippen molar-refractivity contribution in [2.75, 3.05) is 5.32 Å². The predicted octanol–water partition coefficient (Wildman–Crippen LogP) is 2.25. The highest BCUT2D eigenvalue weighted by Crippen LogP contribution is 2.15. The Morgan fingerprint density at radius 1 is 1.33 bits per heavy atom. The highest BCUT2D eigenvalue weighted by Gasteiger charge is 2.16. The van der Waals surface area contributed by atoms with Crippen molar-refractivity contribution in [2.45, 2.75) is 20.0 Å². The third-order valence-corrected chi connectivity index (χ3v) is 2.94. The summed E-state index contributed by atoms with van der Waals surface area (Å²) in [7, 11) is 0. The number of benzene rings is 1. The molecular weight excluding hydrogens is 250 g/mol. The van der Waals surface area contributed by atoms with E-state index in [0.29, 0.717) is 10.9 Å². The van der Waals surface area contributed by atoms with Gasteiger partial charge in [0.2, 0.25) is 5.13 Å². The zero-order valence-electron chi connectivity index (χ0n) is 10.1. The van der Waals surface area contributed by atoms with Crippen LogP contribution in [0.5, 0.6) is 5.75 Å². The lowest BCUT2D eigenvalue weighted by atomic mass is 10.3. The number of hydrogen-bond acceptors (Lipinski definition) is 5. The molecule has 0 spiro atoms. The third kappa shape index (κ3) is 3.27. The van der Waals surface area contributed by atoms with Crippen molar-refractivity contribution < 1.29 is 9.53 Å². The number of aryl methyl sites for hydroxylation is 1. The van der Waals surface area contributed by atoms with Gasteiger partial charge in [-0.05, 0) is 26.0 Å². The van der Waals surface area contributed by atoms with Gasteiger partial charge in [-0.25, -0.2) is 0 Å². The minimum atomic E-state index is -0.586. The zero-order valence-corrected chi connectivity index (χ0v) is 10.9. The molecule has 1 amide bonds. The number of carbonyl (C=O) groups is 1. The van der Waals surface area contributed by atoms with E-state index in [1.807, 2.05) is 25.1 Å². The summed E-state index contributed by atoms with van der Waals surface area (Å²) >= 11 is 1.33. The number of nitrogens with one attached hydrogen (secondary N) is 1. The number of amides is 1. The Labute approximate surface area is 109 Å². The van der Waals surface area contributed by atoms with Crippen molar-refractivity contribution in [1.82, 2.24) is 10.2 Å². The second-order valence-corrected chi connectivity index (χ2v) is 4.87. The number of rotatable bonds is 4. The molecule has 18 heavy (non-hydrogen) atoms. The van der Waals surface area contributed by atoms with E-state index in [4.69, 9.17) is 4.74 Å². The van der Waals surface area contributed by atoms with Crippen LogP contribution in [0.1, 0.15) is 11.9 Å². The number of hydrogen-bond donors (Lipinski definition) is 1. The Bertz CT molecular complexity index is 527. The minimum absolute atomic E-state index is 0.241. The quantitative estimate of drug-likeness (QED) is 0.919. The fraction of sp³-hybridized carbons (Fsp3) is 0.250. The molecule has 0 aliphatic heterocycles. The van der Waals surface area contributed by atoms with Crippen LogP contribution in [0.15, 0.2) is 30.3 Å². The molecule has 1 aromatic heterocycles. The lowest BCUT2D eigenvalue weighted by molar-refractivity contribution is -0.122. The van der Waals surface area contributed by atoms with E-state index in [9.17, 15) is 4.79 Å². The number of aromatic nitrogens is 2. The molecule has 0 aliphatic carbocycles. The highest BCUT2D eigenvalue weighted by molar-refractivity contribution is 7.15. The van der Waals surface area contributed by atoms with Crippen LogP contribution in [-0.2, 0) is 4.79 Å². The van der Waals surface area contributed by atoms with Crippen LogP contribution in [0.3, 0.4) is 0 Å². The molecule has 1 unspecified atom stereocenters. The molecule has 0 saturated carbocycles. The molecular formula is C12H13N3O2S. The third-order valence-electron chi connectivity index (χ3n) is 2.18. The molecule has 0 bridgehead atoms. The maximum atomic E-state index is 11.8. The van der Waals surface area contributed by atoms with Gasteiger partial charge < -0.3 is 4.74 Å². The summed E-state index contributed by atoms with van der Waals surface area (Å²) in [6, 6.07) is 9.21. The second kappa shape index (κ2) is 5.59. The van der Waals surface area contributed by atoms with Gasteiger partial charge in [-0.15, -0.1) is 10.2 Å². The Hall–Kier alpha value is -1.95. The molecule has 2 aromatic rings. The molecule has 2 rings (SSSR count). The summed E-state index contributed by atoms with van der Waals surface area (Å²) in [5.74, 6) is 0.420. The van der Waals surface area contributed by atoms with Crippen LogP contribution >= 0.6 is 11.3 Å². The molecule has 94 valence electrons. The first kappa shape index (κ1) is 12.5. The van der Waals surface area contributed by atoms with E-state index in [-0.39, 0.29) is 5.91 Å². The Morgan fingerprint density at radius 2 is 2.06 bits per heavy atom. The van der Waals surface area contributed by atoms with Crippen molar-refractivity contribution in [2.24, 2.45) is 0 Å². The fourth-order valence-electron chi connectivity index (χ4n) is 1.31. The van der Waals surface area contributed by atoms with Crippen molar-refractivity contribution >= 4 is 22.4 Å². The molecule has 1 heterocycles. The van der Waals surface area contributed by atoms with Gasteiger partial charge in [0.05, 0.1) is 0 Å². The van der Waals surface area contributed by atoms with E-state index in [1.165, 1.54) is 11.3 Å². The zero-order chi connectivity index (χ0) is 13.0. The second-order valence-electron chi connectivity index (χ2n) is 3.69. The number of nitrogens with zero attached hydrogens (tertiary/aromatic N) is 2. The number of carbonyl (C=O) groups excluding carboxylic acids is 1. The molecule has 0 fully saturated rings. The Balaban J connectivity index is 1.93. The lowest BCUT2D eigenvalue weighted by Crippen LogP contribution is -2.30. The van der Waals surface area contributed by atoms with Gasteiger partial charge >= 0.3 is 0 Å². The maximum absolute atomic E-state index is 11.8. The van der Waals surface area contributed by atoms with E-state index < -0.39 is 6.10 Å². The lowest BCUT2D eigenvalue weighted by Gasteiger charge is -2.13. The topological polar surface area (TPSA) is 64.1 Å². The summed E-state index contributed by atoms with van der Waals surface area (Å²) < 4.78 is 5.50. The van der Waals surface area contributed by atoms with Crippen molar-refractivity contribution in [1.29, 1.82) is 0 Å². The van der Waals surface area contributed by atoms with Gasteiger partial charge in [-0.3, -0.25) is 10.1 Å². The number of anilines is 1. The van der Waals surface area contributed by atoms with Crippen molar-refractivity contribution in [3.8, 4) is 5.75 Å². The van der Waals surface area contributed by atoms with Gasteiger partial charge in [0.1, 0.15) is 10.8 Å². The van der Waals surface area contributed by atoms with Crippen molar-refractivity contribution in [3.63, 3.8) is 0 Å².